The molecular weight excluding hydrogens is 214 g/mol. The average Bonchev–Trinajstić information content (AvgIpc) is 3.04. The summed E-state index contributed by atoms with van der Waals surface area (Å²) in [6.45, 7) is 7.25. The molecule has 2 rings (SSSR count). The van der Waals surface area contributed by atoms with Crippen LogP contribution in [0.2, 0.25) is 0 Å². The molecular formula is C13H25N3O. The number of likely N-dealkylation sites (tertiary alicyclic amines) is 1. The molecule has 0 bridgehead atoms. The van der Waals surface area contributed by atoms with Crippen molar-refractivity contribution in [1.29, 1.82) is 0 Å². The van der Waals surface area contributed by atoms with Gasteiger partial charge in [-0.3, -0.25) is 15.0 Å². The molecule has 1 saturated carbocycles. The maximum atomic E-state index is 11.8. The van der Waals surface area contributed by atoms with Gasteiger partial charge in [0.15, 0.2) is 0 Å². The minimum absolute atomic E-state index is 0.187. The van der Waals surface area contributed by atoms with Gasteiger partial charge in [0.2, 0.25) is 5.91 Å². The van der Waals surface area contributed by atoms with Gasteiger partial charge in [-0.15, -0.1) is 0 Å². The number of rotatable bonds is 5. The van der Waals surface area contributed by atoms with E-state index in [4.69, 9.17) is 5.73 Å². The third-order valence-corrected chi connectivity index (χ3v) is 4.29. The molecule has 17 heavy (non-hydrogen) atoms. The van der Waals surface area contributed by atoms with Crippen LogP contribution in [0.1, 0.15) is 46.5 Å². The van der Waals surface area contributed by atoms with Crippen molar-refractivity contribution in [3.63, 3.8) is 0 Å². The Balaban J connectivity index is 2.10. The minimum atomic E-state index is -0.503. The zero-order chi connectivity index (χ0) is 12.6. The van der Waals surface area contributed by atoms with Gasteiger partial charge in [0.25, 0.3) is 0 Å². The van der Waals surface area contributed by atoms with E-state index < -0.39 is 5.54 Å². The molecule has 4 heteroatoms. The first-order chi connectivity index (χ1) is 7.98. The Kier molecular flexibility index (Phi) is 3.46. The van der Waals surface area contributed by atoms with Gasteiger partial charge in [-0.1, -0.05) is 6.92 Å². The Morgan fingerprint density at radius 2 is 2.24 bits per heavy atom. The normalized spacial score (nSPS) is 36.1. The number of nitrogens with one attached hydrogen (secondary N) is 1. The summed E-state index contributed by atoms with van der Waals surface area (Å²) in [5.41, 5.74) is 5.15. The van der Waals surface area contributed by atoms with Crippen LogP contribution in [0.15, 0.2) is 0 Å². The Morgan fingerprint density at radius 3 is 2.71 bits per heavy atom. The SMILES string of the molecule is CCC(C)NC1(C(N)=O)CC(C)N(C2CC2)C1. The third-order valence-electron chi connectivity index (χ3n) is 4.29. The highest BCUT2D eigenvalue weighted by Gasteiger charge is 2.50. The summed E-state index contributed by atoms with van der Waals surface area (Å²) in [7, 11) is 0. The number of carbonyl (C=O) groups excluding carboxylic acids is 1. The fraction of sp³-hybridized carbons (Fsp3) is 0.923. The fourth-order valence-electron chi connectivity index (χ4n) is 2.98. The second-order valence-corrected chi connectivity index (χ2v) is 5.86. The number of primary amides is 1. The lowest BCUT2D eigenvalue weighted by Gasteiger charge is -2.30. The van der Waals surface area contributed by atoms with Gasteiger partial charge in [0.1, 0.15) is 5.54 Å². The number of nitrogens with two attached hydrogens (primary N) is 1. The highest BCUT2D eigenvalue weighted by atomic mass is 16.1. The molecule has 0 aromatic rings. The van der Waals surface area contributed by atoms with Crippen LogP contribution in [-0.4, -0.2) is 41.0 Å². The van der Waals surface area contributed by atoms with Crippen molar-refractivity contribution in [3.8, 4) is 0 Å². The molecule has 2 fully saturated rings. The first-order valence-corrected chi connectivity index (χ1v) is 6.82. The maximum absolute atomic E-state index is 11.8. The van der Waals surface area contributed by atoms with E-state index in [0.717, 1.165) is 19.4 Å². The minimum Gasteiger partial charge on any atom is -0.368 e. The van der Waals surface area contributed by atoms with Crippen molar-refractivity contribution in [2.24, 2.45) is 5.73 Å². The monoisotopic (exact) mass is 239 g/mol. The molecule has 0 spiro atoms. The topological polar surface area (TPSA) is 58.4 Å². The summed E-state index contributed by atoms with van der Waals surface area (Å²) in [6.07, 6.45) is 4.43. The molecule has 3 atom stereocenters. The van der Waals surface area contributed by atoms with Crippen molar-refractivity contribution in [2.75, 3.05) is 6.54 Å². The molecule has 4 nitrogen and oxygen atoms in total. The van der Waals surface area contributed by atoms with E-state index in [1.807, 2.05) is 0 Å². The molecule has 3 N–H and O–H groups in total. The second kappa shape index (κ2) is 4.58. The lowest BCUT2D eigenvalue weighted by Crippen LogP contribution is -2.59. The molecule has 3 unspecified atom stereocenters. The molecule has 0 radical (unpaired) electrons. The van der Waals surface area contributed by atoms with E-state index >= 15 is 0 Å². The van der Waals surface area contributed by atoms with E-state index in [2.05, 4.69) is 31.0 Å². The smallest absolute Gasteiger partial charge is 0.239 e. The van der Waals surface area contributed by atoms with Crippen molar-refractivity contribution in [1.82, 2.24) is 10.2 Å². The van der Waals surface area contributed by atoms with E-state index in [1.54, 1.807) is 0 Å². The van der Waals surface area contributed by atoms with E-state index in [1.165, 1.54) is 12.8 Å². The Hall–Kier alpha value is -0.610. The first kappa shape index (κ1) is 12.8. The molecule has 2 aliphatic rings. The molecule has 1 amide bonds. The summed E-state index contributed by atoms with van der Waals surface area (Å²) in [6, 6.07) is 1.50. The number of carbonyl (C=O) groups is 1. The van der Waals surface area contributed by atoms with E-state index in [0.29, 0.717) is 18.1 Å². The van der Waals surface area contributed by atoms with Crippen LogP contribution in [0.5, 0.6) is 0 Å². The van der Waals surface area contributed by atoms with Crippen molar-refractivity contribution in [3.05, 3.63) is 0 Å². The largest absolute Gasteiger partial charge is 0.368 e. The maximum Gasteiger partial charge on any atom is 0.239 e. The van der Waals surface area contributed by atoms with Crippen LogP contribution in [0, 0.1) is 0 Å². The van der Waals surface area contributed by atoms with Crippen LogP contribution in [-0.2, 0) is 4.79 Å². The number of hydrogen-bond donors (Lipinski definition) is 2. The van der Waals surface area contributed by atoms with Crippen LogP contribution in [0.25, 0.3) is 0 Å². The van der Waals surface area contributed by atoms with Crippen molar-refractivity contribution in [2.45, 2.75) is 70.1 Å². The molecule has 0 aromatic carbocycles. The highest BCUT2D eigenvalue weighted by Crippen LogP contribution is 2.37. The predicted molar refractivity (Wildman–Crippen MR) is 68.6 cm³/mol. The van der Waals surface area contributed by atoms with Crippen LogP contribution in [0.3, 0.4) is 0 Å². The van der Waals surface area contributed by atoms with Gasteiger partial charge in [0.05, 0.1) is 0 Å². The quantitative estimate of drug-likeness (QED) is 0.748. The lowest BCUT2D eigenvalue weighted by molar-refractivity contribution is -0.124. The zero-order valence-electron chi connectivity index (χ0n) is 11.2. The van der Waals surface area contributed by atoms with Crippen LogP contribution in [0.4, 0.5) is 0 Å². The molecule has 1 saturated heterocycles. The van der Waals surface area contributed by atoms with Gasteiger partial charge in [-0.25, -0.2) is 0 Å². The molecule has 0 aromatic heterocycles. The highest BCUT2D eigenvalue weighted by molar-refractivity contribution is 5.85. The molecule has 98 valence electrons. The molecule has 1 heterocycles. The van der Waals surface area contributed by atoms with E-state index in [9.17, 15) is 4.79 Å². The molecule has 1 aliphatic carbocycles. The average molecular weight is 239 g/mol. The summed E-state index contributed by atoms with van der Waals surface area (Å²) >= 11 is 0. The zero-order valence-corrected chi connectivity index (χ0v) is 11.2. The Morgan fingerprint density at radius 1 is 1.59 bits per heavy atom. The van der Waals surface area contributed by atoms with Gasteiger partial charge in [-0.05, 0) is 39.5 Å². The van der Waals surface area contributed by atoms with Gasteiger partial charge < -0.3 is 5.73 Å². The Labute approximate surface area is 104 Å². The summed E-state index contributed by atoms with van der Waals surface area (Å²) in [5, 5.41) is 3.47. The third kappa shape index (κ3) is 2.47. The van der Waals surface area contributed by atoms with Crippen LogP contribution >= 0.6 is 0 Å². The van der Waals surface area contributed by atoms with Gasteiger partial charge in [-0.2, -0.15) is 0 Å². The lowest BCUT2D eigenvalue weighted by atomic mass is 9.94. The fourth-order valence-corrected chi connectivity index (χ4v) is 2.98. The first-order valence-electron chi connectivity index (χ1n) is 6.82. The Bertz CT molecular complexity index is 303. The van der Waals surface area contributed by atoms with Gasteiger partial charge in [0, 0.05) is 24.7 Å². The standard InChI is InChI=1S/C13H25N3O/c1-4-9(2)15-13(12(14)17)7-10(3)16(8-13)11-5-6-11/h9-11,15H,4-8H2,1-3H3,(H2,14,17). The van der Waals surface area contributed by atoms with Crippen molar-refractivity contribution < 1.29 is 4.79 Å². The molecule has 1 aliphatic heterocycles. The number of nitrogens with zero attached hydrogens (tertiary/aromatic N) is 1. The van der Waals surface area contributed by atoms with Crippen molar-refractivity contribution >= 4 is 5.91 Å². The summed E-state index contributed by atoms with van der Waals surface area (Å²) < 4.78 is 0. The summed E-state index contributed by atoms with van der Waals surface area (Å²) in [5.74, 6) is -0.187. The number of amides is 1. The second-order valence-electron chi connectivity index (χ2n) is 5.86. The number of hydrogen-bond acceptors (Lipinski definition) is 3. The summed E-state index contributed by atoms with van der Waals surface area (Å²) in [4.78, 5) is 14.3. The van der Waals surface area contributed by atoms with E-state index in [-0.39, 0.29) is 5.91 Å². The van der Waals surface area contributed by atoms with Crippen LogP contribution < -0.4 is 11.1 Å². The van der Waals surface area contributed by atoms with Gasteiger partial charge >= 0.3 is 0 Å². The predicted octanol–water partition coefficient (Wildman–Crippen LogP) is 0.855.